The minimum atomic E-state index is -3.71. The van der Waals surface area contributed by atoms with Gasteiger partial charge in [-0.2, -0.15) is 0 Å². The lowest BCUT2D eigenvalue weighted by molar-refractivity contribution is 0.592. The van der Waals surface area contributed by atoms with Gasteiger partial charge in [-0.1, -0.05) is 36.4 Å². The third-order valence-electron chi connectivity index (χ3n) is 3.93. The summed E-state index contributed by atoms with van der Waals surface area (Å²) >= 11 is 12.6. The summed E-state index contributed by atoms with van der Waals surface area (Å²) in [5.74, 6) is 0. The zero-order valence-corrected chi connectivity index (χ0v) is 13.9. The predicted octanol–water partition coefficient (Wildman–Crippen LogP) is 4.87. The maximum absolute atomic E-state index is 12.6. The van der Waals surface area contributed by atoms with Crippen LogP contribution in [0.5, 0.6) is 0 Å². The van der Waals surface area contributed by atoms with Gasteiger partial charge in [0.25, 0.3) is 0 Å². The molecule has 0 bridgehead atoms. The van der Waals surface area contributed by atoms with Gasteiger partial charge in [-0.05, 0) is 47.2 Å². The average Bonchev–Trinajstić information content (AvgIpc) is 2.51. The van der Waals surface area contributed by atoms with Crippen molar-refractivity contribution in [1.82, 2.24) is 0 Å². The van der Waals surface area contributed by atoms with E-state index in [0.29, 0.717) is 11.1 Å². The van der Waals surface area contributed by atoms with Crippen LogP contribution < -0.4 is 0 Å². The first-order valence-corrected chi connectivity index (χ1v) is 9.04. The molecule has 21 heavy (non-hydrogen) atoms. The fraction of sp³-hybridized carbons (Fsp3) is 0.250. The second-order valence-electron chi connectivity index (χ2n) is 5.30. The van der Waals surface area contributed by atoms with E-state index in [1.807, 2.05) is 38.1 Å². The topological polar surface area (TPSA) is 34.1 Å². The zero-order valence-electron chi connectivity index (χ0n) is 11.6. The molecule has 1 heterocycles. The highest BCUT2D eigenvalue weighted by Gasteiger charge is 2.40. The molecule has 0 radical (unpaired) electrons. The number of hydrogen-bond acceptors (Lipinski definition) is 2. The quantitative estimate of drug-likeness (QED) is 0.641. The minimum Gasteiger partial charge on any atom is -0.225 e. The van der Waals surface area contributed by atoms with Gasteiger partial charge < -0.3 is 0 Å². The normalized spacial score (nSPS) is 23.0. The van der Waals surface area contributed by atoms with Gasteiger partial charge in [-0.25, -0.2) is 8.42 Å². The summed E-state index contributed by atoms with van der Waals surface area (Å²) in [5, 5.41) is 0. The van der Waals surface area contributed by atoms with Crippen LogP contribution in [-0.4, -0.2) is 8.42 Å². The first-order valence-electron chi connectivity index (χ1n) is 6.56. The van der Waals surface area contributed by atoms with Crippen molar-refractivity contribution in [2.75, 3.05) is 0 Å². The Kier molecular flexibility index (Phi) is 3.55. The molecule has 0 aliphatic carbocycles. The molecule has 2 aromatic rings. The van der Waals surface area contributed by atoms with Crippen LogP contribution in [-0.2, 0) is 9.84 Å². The maximum Gasteiger partial charge on any atom is 0.192 e. The molecule has 0 amide bonds. The first kappa shape index (κ1) is 14.9. The zero-order chi connectivity index (χ0) is 15.4. The van der Waals surface area contributed by atoms with Crippen molar-refractivity contribution in [1.29, 1.82) is 0 Å². The Morgan fingerprint density at radius 1 is 0.810 bits per heavy atom. The third kappa shape index (κ3) is 2.10. The molecule has 5 heteroatoms. The molecule has 3 rings (SSSR count). The molecule has 0 unspecified atom stereocenters. The summed E-state index contributed by atoms with van der Waals surface area (Å²) in [6.45, 7) is 3.92. The van der Waals surface area contributed by atoms with Crippen molar-refractivity contribution in [2.45, 2.75) is 23.3 Å². The Bertz CT molecular complexity index is 765. The van der Waals surface area contributed by atoms with Crippen LogP contribution in [0.4, 0.5) is 0 Å². The molecule has 110 valence electrons. The van der Waals surface area contributed by atoms with Crippen LogP contribution in [0.15, 0.2) is 36.4 Å². The van der Waals surface area contributed by atoms with Crippen LogP contribution in [0.3, 0.4) is 0 Å². The number of alkyl halides is 2. The molecule has 2 aromatic carbocycles. The van der Waals surface area contributed by atoms with E-state index >= 15 is 0 Å². The van der Waals surface area contributed by atoms with E-state index in [0.717, 1.165) is 22.3 Å². The monoisotopic (exact) mass is 340 g/mol. The number of halogens is 2. The number of sulfone groups is 1. The van der Waals surface area contributed by atoms with Gasteiger partial charge in [0.15, 0.2) is 19.3 Å². The van der Waals surface area contributed by atoms with Gasteiger partial charge in [0.2, 0.25) is 0 Å². The van der Waals surface area contributed by atoms with Gasteiger partial charge in [0.1, 0.15) is 0 Å². The molecule has 1 aliphatic heterocycles. The Labute approximate surface area is 134 Å². The largest absolute Gasteiger partial charge is 0.225 e. The smallest absolute Gasteiger partial charge is 0.192 e. The standard InChI is InChI=1S/C16H14Cl2O2S/c1-9-5-3-7-11-13(9)14-10(2)6-4-8-12(14)16(18)21(19,20)15(11)17/h3-8,15-16H,1-2H3/t15-,16+. The molecule has 0 aromatic heterocycles. The van der Waals surface area contributed by atoms with Crippen molar-refractivity contribution in [3.63, 3.8) is 0 Å². The Morgan fingerprint density at radius 2 is 1.19 bits per heavy atom. The predicted molar refractivity (Wildman–Crippen MR) is 87.5 cm³/mol. The summed E-state index contributed by atoms with van der Waals surface area (Å²) in [6.07, 6.45) is 0. The molecule has 0 fully saturated rings. The van der Waals surface area contributed by atoms with E-state index in [4.69, 9.17) is 23.2 Å². The molecule has 1 aliphatic rings. The van der Waals surface area contributed by atoms with E-state index in [9.17, 15) is 8.42 Å². The van der Waals surface area contributed by atoms with Crippen LogP contribution in [0.2, 0.25) is 0 Å². The lowest BCUT2D eigenvalue weighted by atomic mass is 9.89. The fourth-order valence-corrected chi connectivity index (χ4v) is 5.35. The van der Waals surface area contributed by atoms with E-state index in [1.54, 1.807) is 12.1 Å². The molecular formula is C16H14Cl2O2S. The van der Waals surface area contributed by atoms with Gasteiger partial charge in [0, 0.05) is 0 Å². The summed E-state index contributed by atoms with van der Waals surface area (Å²) < 4.78 is 23.0. The Hall–Kier alpha value is -1.03. The molecule has 0 saturated heterocycles. The summed E-state index contributed by atoms with van der Waals surface area (Å²) in [7, 11) is -3.71. The van der Waals surface area contributed by atoms with Crippen LogP contribution in [0, 0.1) is 13.8 Å². The highest BCUT2D eigenvalue weighted by Crippen LogP contribution is 2.50. The van der Waals surface area contributed by atoms with Crippen molar-refractivity contribution >= 4 is 33.0 Å². The number of rotatable bonds is 0. The third-order valence-corrected chi connectivity index (χ3v) is 7.55. The van der Waals surface area contributed by atoms with Crippen molar-refractivity contribution in [3.8, 4) is 11.1 Å². The summed E-state index contributed by atoms with van der Waals surface area (Å²) in [6, 6.07) is 11.1. The van der Waals surface area contributed by atoms with Crippen molar-refractivity contribution in [3.05, 3.63) is 58.7 Å². The first-order chi connectivity index (χ1) is 9.85. The maximum atomic E-state index is 12.6. The summed E-state index contributed by atoms with van der Waals surface area (Å²) in [5.41, 5.74) is 4.98. The Morgan fingerprint density at radius 3 is 1.57 bits per heavy atom. The second kappa shape index (κ2) is 5.01. The van der Waals surface area contributed by atoms with Gasteiger partial charge >= 0.3 is 0 Å². The number of hydrogen-bond donors (Lipinski definition) is 0. The molecule has 0 spiro atoms. The van der Waals surface area contributed by atoms with E-state index in [1.165, 1.54) is 0 Å². The SMILES string of the molecule is Cc1cccc2c1-c1c(C)cccc1[C@H](Cl)S(=O)(=O)[C@@H]2Cl. The number of benzene rings is 2. The van der Waals surface area contributed by atoms with E-state index < -0.39 is 19.3 Å². The summed E-state index contributed by atoms with van der Waals surface area (Å²) in [4.78, 5) is 0. The molecular weight excluding hydrogens is 327 g/mol. The molecule has 0 N–H and O–H groups in total. The van der Waals surface area contributed by atoms with Gasteiger partial charge in [0.05, 0.1) is 0 Å². The lowest BCUT2D eigenvalue weighted by Crippen LogP contribution is -2.12. The van der Waals surface area contributed by atoms with Crippen LogP contribution in [0.1, 0.15) is 31.7 Å². The molecule has 2 atom stereocenters. The Balaban J connectivity index is 2.53. The highest BCUT2D eigenvalue weighted by atomic mass is 35.5. The molecule has 2 nitrogen and oxygen atoms in total. The number of aryl methyl sites for hydroxylation is 2. The van der Waals surface area contributed by atoms with Crippen molar-refractivity contribution in [2.24, 2.45) is 0 Å². The minimum absolute atomic E-state index is 0.607. The highest BCUT2D eigenvalue weighted by molar-refractivity contribution is 7.94. The van der Waals surface area contributed by atoms with Gasteiger partial charge in [-0.3, -0.25) is 0 Å². The van der Waals surface area contributed by atoms with E-state index in [-0.39, 0.29) is 0 Å². The van der Waals surface area contributed by atoms with Crippen molar-refractivity contribution < 1.29 is 8.42 Å². The lowest BCUT2D eigenvalue weighted by Gasteiger charge is -2.15. The fourth-order valence-electron chi connectivity index (χ4n) is 2.90. The average molecular weight is 341 g/mol. The van der Waals surface area contributed by atoms with Crippen LogP contribution in [0.25, 0.3) is 11.1 Å². The second-order valence-corrected chi connectivity index (χ2v) is 8.81. The van der Waals surface area contributed by atoms with Crippen LogP contribution >= 0.6 is 23.2 Å². The number of fused-ring (bicyclic) bond motifs is 3. The molecule has 0 saturated carbocycles. The van der Waals surface area contributed by atoms with Gasteiger partial charge in [-0.15, -0.1) is 23.2 Å². The van der Waals surface area contributed by atoms with E-state index in [2.05, 4.69) is 0 Å².